The van der Waals surface area contributed by atoms with Crippen LogP contribution in [0.1, 0.15) is 16.8 Å². The topological polar surface area (TPSA) is 41.6 Å². The van der Waals surface area contributed by atoms with Crippen LogP contribution < -0.4 is 5.32 Å². The molecular formula is C14H19ClN2O2. The smallest absolute Gasteiger partial charge is 0.255 e. The Labute approximate surface area is 118 Å². The molecular weight excluding hydrogens is 264 g/mol. The van der Waals surface area contributed by atoms with Crippen molar-refractivity contribution in [2.75, 3.05) is 39.2 Å². The number of anilines is 1. The van der Waals surface area contributed by atoms with E-state index in [1.807, 2.05) is 0 Å². The molecule has 104 valence electrons. The SMILES string of the molecule is CN(C)C(=O)c1ccc(Cl)cc1NCC1CCOC1. The third-order valence-corrected chi connectivity index (χ3v) is 3.46. The van der Waals surface area contributed by atoms with Gasteiger partial charge in [0.05, 0.1) is 12.2 Å². The maximum Gasteiger partial charge on any atom is 0.255 e. The first-order valence-electron chi connectivity index (χ1n) is 6.40. The molecule has 1 aromatic carbocycles. The van der Waals surface area contributed by atoms with Crippen LogP contribution in [0.25, 0.3) is 0 Å². The summed E-state index contributed by atoms with van der Waals surface area (Å²) >= 11 is 6.01. The van der Waals surface area contributed by atoms with E-state index in [-0.39, 0.29) is 5.91 Å². The number of hydrogen-bond donors (Lipinski definition) is 1. The van der Waals surface area contributed by atoms with Gasteiger partial charge < -0.3 is 15.0 Å². The Balaban J connectivity index is 2.12. The lowest BCUT2D eigenvalue weighted by atomic mass is 10.1. The molecule has 1 atom stereocenters. The van der Waals surface area contributed by atoms with E-state index in [1.165, 1.54) is 0 Å². The highest BCUT2D eigenvalue weighted by molar-refractivity contribution is 6.31. The second kappa shape index (κ2) is 6.26. The molecule has 0 aromatic heterocycles. The van der Waals surface area contributed by atoms with E-state index in [4.69, 9.17) is 16.3 Å². The predicted molar refractivity (Wildman–Crippen MR) is 76.9 cm³/mol. The maximum atomic E-state index is 12.1. The number of nitrogens with zero attached hydrogens (tertiary/aromatic N) is 1. The zero-order chi connectivity index (χ0) is 13.8. The van der Waals surface area contributed by atoms with Gasteiger partial charge in [0.1, 0.15) is 0 Å². The summed E-state index contributed by atoms with van der Waals surface area (Å²) < 4.78 is 5.34. The number of nitrogens with one attached hydrogen (secondary N) is 1. The highest BCUT2D eigenvalue weighted by atomic mass is 35.5. The number of carbonyl (C=O) groups excluding carboxylic acids is 1. The Kier molecular flexibility index (Phi) is 4.66. The van der Waals surface area contributed by atoms with E-state index in [9.17, 15) is 4.79 Å². The van der Waals surface area contributed by atoms with Gasteiger partial charge in [-0.15, -0.1) is 0 Å². The first kappa shape index (κ1) is 14.2. The summed E-state index contributed by atoms with van der Waals surface area (Å²) in [5, 5.41) is 3.95. The fourth-order valence-electron chi connectivity index (χ4n) is 2.09. The number of amides is 1. The maximum absolute atomic E-state index is 12.1. The Morgan fingerprint density at radius 2 is 2.32 bits per heavy atom. The molecule has 1 amide bonds. The molecule has 1 fully saturated rings. The number of hydrogen-bond acceptors (Lipinski definition) is 3. The van der Waals surface area contributed by atoms with E-state index in [0.29, 0.717) is 16.5 Å². The molecule has 0 aliphatic carbocycles. The normalized spacial score (nSPS) is 18.4. The Hall–Kier alpha value is -1.26. The molecule has 5 heteroatoms. The Morgan fingerprint density at radius 3 is 2.95 bits per heavy atom. The van der Waals surface area contributed by atoms with Gasteiger partial charge in [-0.3, -0.25) is 4.79 Å². The van der Waals surface area contributed by atoms with Gasteiger partial charge in [-0.25, -0.2) is 0 Å². The minimum atomic E-state index is -0.0261. The molecule has 0 saturated carbocycles. The number of rotatable bonds is 4. The van der Waals surface area contributed by atoms with Crippen molar-refractivity contribution in [1.82, 2.24) is 4.90 Å². The van der Waals surface area contributed by atoms with E-state index >= 15 is 0 Å². The largest absolute Gasteiger partial charge is 0.384 e. The van der Waals surface area contributed by atoms with Crippen LogP contribution in [-0.4, -0.2) is 44.7 Å². The third kappa shape index (κ3) is 3.61. The zero-order valence-corrected chi connectivity index (χ0v) is 12.0. The van der Waals surface area contributed by atoms with Gasteiger partial charge in [0.2, 0.25) is 0 Å². The van der Waals surface area contributed by atoms with Gasteiger partial charge in [-0.05, 0) is 24.6 Å². The molecule has 2 rings (SSSR count). The number of ether oxygens (including phenoxy) is 1. The molecule has 1 aliphatic rings. The second-order valence-corrected chi connectivity index (χ2v) is 5.44. The first-order chi connectivity index (χ1) is 9.08. The molecule has 0 bridgehead atoms. The summed E-state index contributed by atoms with van der Waals surface area (Å²) in [7, 11) is 3.48. The van der Waals surface area contributed by atoms with Crippen molar-refractivity contribution in [3.63, 3.8) is 0 Å². The van der Waals surface area contributed by atoms with Crippen molar-refractivity contribution < 1.29 is 9.53 Å². The zero-order valence-electron chi connectivity index (χ0n) is 11.3. The Morgan fingerprint density at radius 1 is 1.53 bits per heavy atom. The van der Waals surface area contributed by atoms with Gasteiger partial charge in [0, 0.05) is 43.9 Å². The first-order valence-corrected chi connectivity index (χ1v) is 6.78. The molecule has 19 heavy (non-hydrogen) atoms. The van der Waals surface area contributed by atoms with Crippen molar-refractivity contribution in [3.8, 4) is 0 Å². The van der Waals surface area contributed by atoms with E-state index in [1.54, 1.807) is 37.2 Å². The molecule has 1 aromatic rings. The molecule has 1 unspecified atom stereocenters. The van der Waals surface area contributed by atoms with Crippen molar-refractivity contribution in [1.29, 1.82) is 0 Å². The lowest BCUT2D eigenvalue weighted by molar-refractivity contribution is 0.0828. The molecule has 1 heterocycles. The van der Waals surface area contributed by atoms with Gasteiger partial charge >= 0.3 is 0 Å². The van der Waals surface area contributed by atoms with Crippen LogP contribution in [0, 0.1) is 5.92 Å². The van der Waals surface area contributed by atoms with Crippen LogP contribution in [0.4, 0.5) is 5.69 Å². The monoisotopic (exact) mass is 282 g/mol. The van der Waals surface area contributed by atoms with Crippen LogP contribution in [0.2, 0.25) is 5.02 Å². The second-order valence-electron chi connectivity index (χ2n) is 5.00. The van der Waals surface area contributed by atoms with E-state index in [0.717, 1.165) is 31.9 Å². The van der Waals surface area contributed by atoms with Crippen LogP contribution in [0.5, 0.6) is 0 Å². The standard InChI is InChI=1S/C14H19ClN2O2/c1-17(2)14(18)12-4-3-11(15)7-13(12)16-8-10-5-6-19-9-10/h3-4,7,10,16H,5-6,8-9H2,1-2H3. The van der Waals surface area contributed by atoms with Crippen LogP contribution >= 0.6 is 11.6 Å². The average Bonchev–Trinajstić information content (AvgIpc) is 2.88. The van der Waals surface area contributed by atoms with Crippen molar-refractivity contribution in [3.05, 3.63) is 28.8 Å². The highest BCUT2D eigenvalue weighted by Gasteiger charge is 2.18. The van der Waals surface area contributed by atoms with E-state index in [2.05, 4.69) is 5.32 Å². The summed E-state index contributed by atoms with van der Waals surface area (Å²) in [6.07, 6.45) is 1.06. The molecule has 1 saturated heterocycles. The summed E-state index contributed by atoms with van der Waals surface area (Å²) in [6, 6.07) is 5.30. The van der Waals surface area contributed by atoms with Crippen LogP contribution in [0.3, 0.4) is 0 Å². The number of carbonyl (C=O) groups is 1. The van der Waals surface area contributed by atoms with E-state index < -0.39 is 0 Å². The predicted octanol–water partition coefficient (Wildman–Crippen LogP) is 2.49. The number of benzene rings is 1. The van der Waals surface area contributed by atoms with Crippen molar-refractivity contribution in [2.24, 2.45) is 5.92 Å². The van der Waals surface area contributed by atoms with Crippen molar-refractivity contribution in [2.45, 2.75) is 6.42 Å². The Bertz CT molecular complexity index is 457. The minimum Gasteiger partial charge on any atom is -0.384 e. The van der Waals surface area contributed by atoms with Gasteiger partial charge in [-0.1, -0.05) is 11.6 Å². The fourth-order valence-corrected chi connectivity index (χ4v) is 2.26. The summed E-state index contributed by atoms with van der Waals surface area (Å²) in [5.74, 6) is 0.475. The van der Waals surface area contributed by atoms with Crippen LogP contribution in [0.15, 0.2) is 18.2 Å². The lowest BCUT2D eigenvalue weighted by Gasteiger charge is -2.17. The van der Waals surface area contributed by atoms with Gasteiger partial charge in [-0.2, -0.15) is 0 Å². The highest BCUT2D eigenvalue weighted by Crippen LogP contribution is 2.23. The third-order valence-electron chi connectivity index (χ3n) is 3.22. The number of halogens is 1. The van der Waals surface area contributed by atoms with Crippen LogP contribution in [-0.2, 0) is 4.74 Å². The molecule has 1 N–H and O–H groups in total. The average molecular weight is 283 g/mol. The van der Waals surface area contributed by atoms with Gasteiger partial charge in [0.25, 0.3) is 5.91 Å². The molecule has 0 spiro atoms. The molecule has 1 aliphatic heterocycles. The summed E-state index contributed by atoms with van der Waals surface area (Å²) in [5.41, 5.74) is 1.44. The van der Waals surface area contributed by atoms with Gasteiger partial charge in [0.15, 0.2) is 0 Å². The fraction of sp³-hybridized carbons (Fsp3) is 0.500. The summed E-state index contributed by atoms with van der Waals surface area (Å²) in [6.45, 7) is 2.41. The molecule has 0 radical (unpaired) electrons. The van der Waals surface area contributed by atoms with Crippen molar-refractivity contribution >= 4 is 23.2 Å². The lowest BCUT2D eigenvalue weighted by Crippen LogP contribution is -2.24. The minimum absolute atomic E-state index is 0.0261. The quantitative estimate of drug-likeness (QED) is 0.922. The summed E-state index contributed by atoms with van der Waals surface area (Å²) in [4.78, 5) is 13.7. The molecule has 4 nitrogen and oxygen atoms in total.